The van der Waals surface area contributed by atoms with Crippen molar-refractivity contribution in [3.05, 3.63) is 69.1 Å². The van der Waals surface area contributed by atoms with Gasteiger partial charge in [0.25, 0.3) is 5.91 Å². The normalized spacial score (nSPS) is 10.5. The summed E-state index contributed by atoms with van der Waals surface area (Å²) in [5.41, 5.74) is 1.51. The minimum absolute atomic E-state index is 0.0955. The molecule has 156 valence electrons. The lowest BCUT2D eigenvalue weighted by Crippen LogP contribution is -2.24. The third-order valence-electron chi connectivity index (χ3n) is 3.90. The number of aromatic nitrogens is 2. The molecule has 3 aromatic rings. The summed E-state index contributed by atoms with van der Waals surface area (Å²) in [4.78, 5) is 24.3. The van der Waals surface area contributed by atoms with Crippen molar-refractivity contribution in [3.63, 3.8) is 0 Å². The maximum absolute atomic E-state index is 12.3. The van der Waals surface area contributed by atoms with E-state index in [0.29, 0.717) is 33.8 Å². The number of thioether (sulfide) groups is 1. The topological polar surface area (TPSA) is 93.2 Å². The Hall–Kier alpha value is -2.62. The summed E-state index contributed by atoms with van der Waals surface area (Å²) in [6.45, 7) is 0.382. The van der Waals surface area contributed by atoms with E-state index in [1.165, 1.54) is 23.1 Å². The molecule has 0 unspecified atom stereocenters. The maximum atomic E-state index is 12.3. The molecule has 0 saturated carbocycles. The van der Waals surface area contributed by atoms with Crippen molar-refractivity contribution in [2.75, 3.05) is 18.2 Å². The number of nitrogens with zero attached hydrogens (tertiary/aromatic N) is 2. The molecule has 0 aliphatic carbocycles. The molecule has 1 heterocycles. The van der Waals surface area contributed by atoms with E-state index >= 15 is 0 Å². The van der Waals surface area contributed by atoms with Crippen LogP contribution in [-0.4, -0.2) is 34.9 Å². The summed E-state index contributed by atoms with van der Waals surface area (Å²) in [7, 11) is 1.58. The number of hydrogen-bond acceptors (Lipinski definition) is 7. The number of carbonyl (C=O) groups is 2. The fourth-order valence-electron chi connectivity index (χ4n) is 2.38. The van der Waals surface area contributed by atoms with Gasteiger partial charge in [-0.1, -0.05) is 41.1 Å². The predicted octanol–water partition coefficient (Wildman–Crippen LogP) is 4.00. The summed E-state index contributed by atoms with van der Waals surface area (Å²) in [6.07, 6.45) is 0. The molecule has 0 spiro atoms. The second kappa shape index (κ2) is 11.0. The second-order valence-electron chi connectivity index (χ2n) is 6.04. The first-order valence-corrected chi connectivity index (χ1v) is 11.3. The molecule has 2 aromatic carbocycles. The van der Waals surface area contributed by atoms with Crippen molar-refractivity contribution >= 4 is 52.2 Å². The highest BCUT2D eigenvalue weighted by Crippen LogP contribution is 2.20. The van der Waals surface area contributed by atoms with Gasteiger partial charge in [0, 0.05) is 23.0 Å². The summed E-state index contributed by atoms with van der Waals surface area (Å²) in [5, 5.41) is 15.1. The highest BCUT2D eigenvalue weighted by Gasteiger charge is 2.14. The minimum atomic E-state index is -0.327. The summed E-state index contributed by atoms with van der Waals surface area (Å²) in [5.74, 6) is 1.05. The molecule has 0 aliphatic rings. The molecule has 0 saturated heterocycles. The van der Waals surface area contributed by atoms with Crippen LogP contribution < -0.4 is 15.4 Å². The Bertz CT molecular complexity index is 1010. The van der Waals surface area contributed by atoms with Gasteiger partial charge < -0.3 is 15.4 Å². The molecule has 0 bridgehead atoms. The van der Waals surface area contributed by atoms with Gasteiger partial charge in [0.15, 0.2) is 0 Å². The van der Waals surface area contributed by atoms with Crippen LogP contribution in [0.3, 0.4) is 0 Å². The number of benzene rings is 2. The molecular formula is C20H19ClN4O3S2. The quantitative estimate of drug-likeness (QED) is 0.499. The van der Waals surface area contributed by atoms with E-state index in [2.05, 4.69) is 20.8 Å². The van der Waals surface area contributed by atoms with Gasteiger partial charge in [0.1, 0.15) is 10.8 Å². The van der Waals surface area contributed by atoms with E-state index in [-0.39, 0.29) is 22.6 Å². The first-order valence-electron chi connectivity index (χ1n) is 8.91. The number of halogens is 1. The van der Waals surface area contributed by atoms with Gasteiger partial charge in [0.2, 0.25) is 10.9 Å². The van der Waals surface area contributed by atoms with E-state index in [9.17, 15) is 9.59 Å². The molecule has 0 fully saturated rings. The molecule has 0 atom stereocenters. The van der Waals surface area contributed by atoms with Crippen molar-refractivity contribution < 1.29 is 14.3 Å². The number of nitrogens with one attached hydrogen (secondary N) is 2. The standard InChI is InChI=1S/C20H19ClN4O3S2/c1-28-15-8-6-14(7-9-15)23-19(27)20-25-24-18(30-20)12-29-11-17(26)22-10-13-4-2-3-5-16(13)21/h2-9H,10-12H2,1H3,(H,22,26)(H,23,27). The molecule has 0 radical (unpaired) electrons. The van der Waals surface area contributed by atoms with Crippen molar-refractivity contribution in [2.45, 2.75) is 12.3 Å². The van der Waals surface area contributed by atoms with Gasteiger partial charge in [0.05, 0.1) is 12.9 Å². The van der Waals surface area contributed by atoms with Crippen LogP contribution in [0.25, 0.3) is 0 Å². The van der Waals surface area contributed by atoms with E-state index in [0.717, 1.165) is 5.56 Å². The zero-order valence-corrected chi connectivity index (χ0v) is 18.4. The van der Waals surface area contributed by atoms with Gasteiger partial charge in [-0.15, -0.1) is 22.0 Å². The summed E-state index contributed by atoms with van der Waals surface area (Å²) < 4.78 is 5.09. The molecular weight excluding hydrogens is 444 g/mol. The minimum Gasteiger partial charge on any atom is -0.497 e. The van der Waals surface area contributed by atoms with Crippen molar-refractivity contribution in [2.24, 2.45) is 0 Å². The fourth-order valence-corrected chi connectivity index (χ4v) is 4.22. The molecule has 3 rings (SSSR count). The number of ether oxygens (including phenoxy) is 1. The third kappa shape index (κ3) is 6.45. The van der Waals surface area contributed by atoms with Gasteiger partial charge in [-0.25, -0.2) is 0 Å². The third-order valence-corrected chi connectivity index (χ3v) is 6.32. The molecule has 2 amide bonds. The van der Waals surface area contributed by atoms with E-state index < -0.39 is 0 Å². The predicted molar refractivity (Wildman–Crippen MR) is 120 cm³/mol. The maximum Gasteiger partial charge on any atom is 0.286 e. The Morgan fingerprint density at radius 1 is 1.13 bits per heavy atom. The van der Waals surface area contributed by atoms with Crippen LogP contribution in [0, 0.1) is 0 Å². The van der Waals surface area contributed by atoms with Crippen molar-refractivity contribution in [3.8, 4) is 5.75 Å². The van der Waals surface area contributed by atoms with Crippen LogP contribution in [0.2, 0.25) is 5.02 Å². The Balaban J connectivity index is 1.42. The Morgan fingerprint density at radius 2 is 1.90 bits per heavy atom. The van der Waals surface area contributed by atoms with Crippen molar-refractivity contribution in [1.82, 2.24) is 15.5 Å². The average Bonchev–Trinajstić information content (AvgIpc) is 3.23. The van der Waals surface area contributed by atoms with Crippen LogP contribution in [0.5, 0.6) is 5.75 Å². The largest absolute Gasteiger partial charge is 0.497 e. The zero-order chi connectivity index (χ0) is 21.3. The lowest BCUT2D eigenvalue weighted by molar-refractivity contribution is -0.118. The number of amides is 2. The van der Waals surface area contributed by atoms with E-state index in [1.54, 1.807) is 37.4 Å². The number of carbonyl (C=O) groups excluding carboxylic acids is 2. The van der Waals surface area contributed by atoms with E-state index in [4.69, 9.17) is 16.3 Å². The van der Waals surface area contributed by atoms with Crippen LogP contribution >= 0.6 is 34.7 Å². The molecule has 2 N–H and O–H groups in total. The van der Waals surface area contributed by atoms with E-state index in [1.807, 2.05) is 18.2 Å². The molecule has 30 heavy (non-hydrogen) atoms. The lowest BCUT2D eigenvalue weighted by atomic mass is 10.2. The number of hydrogen-bond donors (Lipinski definition) is 2. The van der Waals surface area contributed by atoms with Gasteiger partial charge in [-0.05, 0) is 35.9 Å². The monoisotopic (exact) mass is 462 g/mol. The highest BCUT2D eigenvalue weighted by molar-refractivity contribution is 7.99. The molecule has 7 nitrogen and oxygen atoms in total. The van der Waals surface area contributed by atoms with Crippen LogP contribution in [0.4, 0.5) is 5.69 Å². The fraction of sp³-hybridized carbons (Fsp3) is 0.200. The van der Waals surface area contributed by atoms with Gasteiger partial charge in [-0.3, -0.25) is 9.59 Å². The first-order chi connectivity index (χ1) is 14.5. The smallest absolute Gasteiger partial charge is 0.286 e. The summed E-state index contributed by atoms with van der Waals surface area (Å²) >= 11 is 8.68. The molecule has 10 heteroatoms. The van der Waals surface area contributed by atoms with Gasteiger partial charge in [-0.2, -0.15) is 0 Å². The highest BCUT2D eigenvalue weighted by atomic mass is 35.5. The van der Waals surface area contributed by atoms with Crippen LogP contribution in [0.15, 0.2) is 48.5 Å². The van der Waals surface area contributed by atoms with Gasteiger partial charge >= 0.3 is 0 Å². The van der Waals surface area contributed by atoms with Crippen LogP contribution in [0.1, 0.15) is 20.4 Å². The zero-order valence-electron chi connectivity index (χ0n) is 16.1. The first kappa shape index (κ1) is 22.1. The molecule has 1 aromatic heterocycles. The number of methoxy groups -OCH3 is 1. The Morgan fingerprint density at radius 3 is 2.63 bits per heavy atom. The Labute approximate surface area is 187 Å². The lowest BCUT2D eigenvalue weighted by Gasteiger charge is -2.06. The SMILES string of the molecule is COc1ccc(NC(=O)c2nnc(CSCC(=O)NCc3ccccc3Cl)s2)cc1. The van der Waals surface area contributed by atoms with Crippen LogP contribution in [-0.2, 0) is 17.1 Å². The molecule has 0 aliphatic heterocycles. The second-order valence-corrected chi connectivity index (χ2v) is 8.50. The summed E-state index contributed by atoms with van der Waals surface area (Å²) in [6, 6.07) is 14.4. The number of rotatable bonds is 9. The Kier molecular flexibility index (Phi) is 8.06. The number of anilines is 1. The average molecular weight is 463 g/mol. The van der Waals surface area contributed by atoms with Crippen molar-refractivity contribution in [1.29, 1.82) is 0 Å².